The van der Waals surface area contributed by atoms with E-state index >= 15 is 0 Å². The molecule has 5 nitrogen and oxygen atoms in total. The van der Waals surface area contributed by atoms with Crippen molar-refractivity contribution in [2.24, 2.45) is 0 Å². The lowest BCUT2D eigenvalue weighted by Gasteiger charge is -2.27. The van der Waals surface area contributed by atoms with Crippen LogP contribution in [0.15, 0.2) is 207 Å². The molecular weight excluding hydrogens is 713 g/mol. The number of anilines is 3. The summed E-state index contributed by atoms with van der Waals surface area (Å²) >= 11 is 0. The van der Waals surface area contributed by atoms with Gasteiger partial charge in [0.05, 0.1) is 16.8 Å². The molecule has 12 aromatic rings. The molecule has 0 saturated carbocycles. The van der Waals surface area contributed by atoms with Gasteiger partial charge in [-0.25, -0.2) is 4.98 Å². The molecule has 0 spiro atoms. The Kier molecular flexibility index (Phi) is 7.16. The second-order valence-corrected chi connectivity index (χ2v) is 14.7. The smallest absolute Gasteiger partial charge is 0.227 e. The number of hydrogen-bond donors (Lipinski definition) is 0. The highest BCUT2D eigenvalue weighted by atomic mass is 16.3. The first-order valence-corrected chi connectivity index (χ1v) is 19.4. The summed E-state index contributed by atoms with van der Waals surface area (Å²) in [6.45, 7) is 0. The molecule has 0 unspecified atom stereocenters. The Morgan fingerprint density at radius 3 is 1.88 bits per heavy atom. The lowest BCUT2D eigenvalue weighted by atomic mass is 9.99. The Morgan fingerprint density at radius 1 is 0.379 bits per heavy atom. The second kappa shape index (κ2) is 12.8. The van der Waals surface area contributed by atoms with Crippen LogP contribution in [-0.2, 0) is 0 Å². The highest BCUT2D eigenvalue weighted by Gasteiger charge is 2.25. The molecule has 3 aromatic heterocycles. The molecule has 0 saturated heterocycles. The third-order valence-electron chi connectivity index (χ3n) is 11.3. The molecule has 0 radical (unpaired) electrons. The molecule has 5 heteroatoms. The molecule has 0 bridgehead atoms. The van der Waals surface area contributed by atoms with Gasteiger partial charge in [-0.05, 0) is 82.7 Å². The van der Waals surface area contributed by atoms with Crippen molar-refractivity contribution < 1.29 is 13.3 Å². The number of nitrogens with zero attached hydrogens (tertiary/aromatic N) is 2. The van der Waals surface area contributed by atoms with Crippen molar-refractivity contribution in [2.75, 3.05) is 4.90 Å². The minimum Gasteiger partial charge on any atom is -0.455 e. The third-order valence-corrected chi connectivity index (χ3v) is 11.3. The van der Waals surface area contributed by atoms with Crippen LogP contribution >= 0.6 is 0 Å². The Balaban J connectivity index is 1.10. The first-order valence-electron chi connectivity index (χ1n) is 19.4. The number of aromatic nitrogens is 1. The van der Waals surface area contributed by atoms with Crippen LogP contribution in [0.4, 0.5) is 17.1 Å². The van der Waals surface area contributed by atoms with E-state index in [0.29, 0.717) is 5.89 Å². The van der Waals surface area contributed by atoms with Gasteiger partial charge in [-0.1, -0.05) is 133 Å². The van der Waals surface area contributed by atoms with Gasteiger partial charge in [-0.15, -0.1) is 0 Å². The summed E-state index contributed by atoms with van der Waals surface area (Å²) in [6.07, 6.45) is 0. The molecule has 0 aliphatic carbocycles. The van der Waals surface area contributed by atoms with Gasteiger partial charge in [0.2, 0.25) is 5.89 Å². The summed E-state index contributed by atoms with van der Waals surface area (Å²) in [5.74, 6) is 0.598. The zero-order chi connectivity index (χ0) is 38.2. The van der Waals surface area contributed by atoms with Gasteiger partial charge in [-0.3, -0.25) is 0 Å². The van der Waals surface area contributed by atoms with Crippen LogP contribution in [0.3, 0.4) is 0 Å². The Labute approximate surface area is 332 Å². The number of furan rings is 2. The zero-order valence-electron chi connectivity index (χ0n) is 31.1. The molecule has 58 heavy (non-hydrogen) atoms. The van der Waals surface area contributed by atoms with Gasteiger partial charge in [0, 0.05) is 38.4 Å². The van der Waals surface area contributed by atoms with Gasteiger partial charge in [0.25, 0.3) is 0 Å². The topological polar surface area (TPSA) is 55.6 Å². The lowest BCUT2D eigenvalue weighted by Crippen LogP contribution is -2.11. The minimum atomic E-state index is 0.598. The third kappa shape index (κ3) is 5.07. The number of fused-ring (bicyclic) bond motifs is 9. The van der Waals surface area contributed by atoms with Crippen LogP contribution in [0, 0.1) is 0 Å². The van der Waals surface area contributed by atoms with E-state index in [9.17, 15) is 0 Å². The van der Waals surface area contributed by atoms with Crippen molar-refractivity contribution in [1.82, 2.24) is 4.98 Å². The largest absolute Gasteiger partial charge is 0.455 e. The average Bonchev–Trinajstić information content (AvgIpc) is 4.02. The maximum Gasteiger partial charge on any atom is 0.227 e. The molecule has 0 N–H and O–H groups in total. The minimum absolute atomic E-state index is 0.598. The first kappa shape index (κ1) is 32.4. The van der Waals surface area contributed by atoms with Gasteiger partial charge in [0.15, 0.2) is 11.2 Å². The van der Waals surface area contributed by atoms with E-state index in [-0.39, 0.29) is 0 Å². The van der Waals surface area contributed by atoms with Crippen molar-refractivity contribution >= 4 is 82.8 Å². The Bertz CT molecular complexity index is 3510. The number of benzene rings is 9. The summed E-state index contributed by atoms with van der Waals surface area (Å²) in [5.41, 5.74) is 13.0. The summed E-state index contributed by atoms with van der Waals surface area (Å²) < 4.78 is 20.0. The van der Waals surface area contributed by atoms with Gasteiger partial charge in [0.1, 0.15) is 22.3 Å². The van der Waals surface area contributed by atoms with Crippen LogP contribution in [-0.4, -0.2) is 4.98 Å². The van der Waals surface area contributed by atoms with Crippen molar-refractivity contribution in [3.8, 4) is 33.7 Å². The van der Waals surface area contributed by atoms with Crippen LogP contribution in [0.1, 0.15) is 0 Å². The summed E-state index contributed by atoms with van der Waals surface area (Å²) in [7, 11) is 0. The van der Waals surface area contributed by atoms with E-state index in [1.54, 1.807) is 0 Å². The van der Waals surface area contributed by atoms with Crippen molar-refractivity contribution in [3.05, 3.63) is 194 Å². The van der Waals surface area contributed by atoms with E-state index < -0.39 is 0 Å². The van der Waals surface area contributed by atoms with Crippen molar-refractivity contribution in [2.45, 2.75) is 0 Å². The van der Waals surface area contributed by atoms with Crippen LogP contribution in [0.5, 0.6) is 0 Å². The predicted octanol–water partition coefficient (Wildman–Crippen LogP) is 15.3. The predicted molar refractivity (Wildman–Crippen MR) is 237 cm³/mol. The van der Waals surface area contributed by atoms with Crippen molar-refractivity contribution in [3.63, 3.8) is 0 Å². The monoisotopic (exact) mass is 744 g/mol. The fourth-order valence-electron chi connectivity index (χ4n) is 8.57. The SMILES string of the molecule is c1ccc(-c2ccc(N(c3cccc4c3oc3ccccc34)c3cc4ccccc4c4oc5cc(-c6cccc7oc(-c8ccccc8)nc67)ccc5c34)cc2)cc1. The zero-order valence-corrected chi connectivity index (χ0v) is 31.1. The molecule has 0 amide bonds. The Hall–Kier alpha value is -7.89. The van der Waals surface area contributed by atoms with Gasteiger partial charge < -0.3 is 18.2 Å². The number of rotatable bonds is 6. The molecule has 12 rings (SSSR count). The quantitative estimate of drug-likeness (QED) is 0.170. The molecule has 272 valence electrons. The lowest BCUT2D eigenvalue weighted by molar-refractivity contribution is 0.620. The molecule has 0 aliphatic rings. The maximum atomic E-state index is 7.00. The summed E-state index contributed by atoms with van der Waals surface area (Å²) in [4.78, 5) is 7.31. The van der Waals surface area contributed by atoms with Crippen molar-refractivity contribution in [1.29, 1.82) is 0 Å². The van der Waals surface area contributed by atoms with E-state index in [1.165, 1.54) is 5.56 Å². The van der Waals surface area contributed by atoms with Crippen LogP contribution in [0.25, 0.3) is 99.5 Å². The average molecular weight is 745 g/mol. The molecule has 0 atom stereocenters. The number of para-hydroxylation sites is 3. The van der Waals surface area contributed by atoms with Crippen LogP contribution in [0.2, 0.25) is 0 Å². The number of oxazole rings is 1. The first-order chi connectivity index (χ1) is 28.7. The highest BCUT2D eigenvalue weighted by molar-refractivity contribution is 6.23. The normalized spacial score (nSPS) is 11.8. The summed E-state index contributed by atoms with van der Waals surface area (Å²) in [6, 6.07) is 67.3. The van der Waals surface area contributed by atoms with E-state index in [1.807, 2.05) is 60.7 Å². The molecule has 0 aliphatic heterocycles. The molecular formula is C53H32N2O3. The van der Waals surface area contributed by atoms with E-state index in [2.05, 4.69) is 138 Å². The van der Waals surface area contributed by atoms with Crippen LogP contribution < -0.4 is 4.90 Å². The summed E-state index contributed by atoms with van der Waals surface area (Å²) in [5, 5.41) is 6.31. The molecule has 3 heterocycles. The highest BCUT2D eigenvalue weighted by Crippen LogP contribution is 2.49. The number of hydrogen-bond acceptors (Lipinski definition) is 5. The standard InChI is InChI=1S/C53H32N2O3/c1-3-13-33(14-4-1)34-25-28-38(29-26-34)55(44-22-11-21-42-41-19-9-10-23-46(41)56-51(42)44)45-31-36-17-7-8-18-40(36)52-49(45)43-30-27-37(32-48(43)57-52)39-20-12-24-47-50(39)54-53(58-47)35-15-5-2-6-16-35/h1-32H. The second-order valence-electron chi connectivity index (χ2n) is 14.7. The fraction of sp³-hybridized carbons (Fsp3) is 0. The fourth-order valence-corrected chi connectivity index (χ4v) is 8.57. The molecule has 0 fully saturated rings. The van der Waals surface area contributed by atoms with Gasteiger partial charge in [-0.2, -0.15) is 0 Å². The molecule has 9 aromatic carbocycles. The maximum absolute atomic E-state index is 7.00. The van der Waals surface area contributed by atoms with E-state index in [4.69, 9.17) is 18.2 Å². The van der Waals surface area contributed by atoms with E-state index in [0.717, 1.165) is 105 Å². The Morgan fingerprint density at radius 2 is 1.03 bits per heavy atom. The van der Waals surface area contributed by atoms with Gasteiger partial charge >= 0.3 is 0 Å².